The van der Waals surface area contributed by atoms with E-state index in [4.69, 9.17) is 34.4 Å². The van der Waals surface area contributed by atoms with Crippen molar-refractivity contribution >= 4 is 83.7 Å². The Balaban J connectivity index is 3.60. The first kappa shape index (κ1) is 59.7. The second-order valence-corrected chi connectivity index (χ2v) is 15.5. The zero-order chi connectivity index (χ0) is 52.2. The molecule has 0 fully saturated rings. The molecule has 0 aromatic heterocycles. The van der Waals surface area contributed by atoms with Crippen molar-refractivity contribution in [2.75, 3.05) is 32.1 Å². The molecule has 0 aliphatic rings. The van der Waals surface area contributed by atoms with Crippen LogP contribution in [0.3, 0.4) is 0 Å². The van der Waals surface area contributed by atoms with Gasteiger partial charge in [-0.3, -0.25) is 53.1 Å². The SMILES string of the molecule is NC(=O)C[C@H](NC(=O)[C@@H](N)CO)C(=O)N[C@@H](CO)C(=O)N[C@@H](CCC(=O)O)C(=O)N[C@@H](Cc1ccccc1)C(=O)N[C@@H](CCCN=C(N)N)C(=O)N[C@@H](CCCN=C(N)N)C(=O)N[C@@H](CS)C(=O)O. The zero-order valence-electron chi connectivity index (χ0n) is 37.4. The van der Waals surface area contributed by atoms with Gasteiger partial charge in [-0.2, -0.15) is 12.6 Å². The summed E-state index contributed by atoms with van der Waals surface area (Å²) in [6.07, 6.45) is -2.56. The first-order valence-corrected chi connectivity index (χ1v) is 21.7. The van der Waals surface area contributed by atoms with Crippen molar-refractivity contribution in [2.24, 2.45) is 44.4 Å². The van der Waals surface area contributed by atoms with Gasteiger partial charge in [0.2, 0.25) is 47.3 Å². The van der Waals surface area contributed by atoms with E-state index in [1.807, 2.05) is 0 Å². The van der Waals surface area contributed by atoms with E-state index in [0.717, 1.165) is 0 Å². The maximum Gasteiger partial charge on any atom is 0.327 e. The molecule has 0 spiro atoms. The summed E-state index contributed by atoms with van der Waals surface area (Å²) in [6, 6.07) is -4.81. The van der Waals surface area contributed by atoms with Crippen molar-refractivity contribution in [1.29, 1.82) is 0 Å². The fraction of sp³-hybridized carbons (Fsp3) is 0.538. The average Bonchev–Trinajstić information content (AvgIpc) is 3.29. The molecule has 0 heterocycles. The standard InChI is InChI=1S/C39H63N15O14S/c40-20(16-55)30(60)51-25(15-28(41)57)35(65)53-26(17-56)36(66)50-23(10-11-29(58)59)33(63)52-24(14-19-6-2-1-3-7-19)34(64)49-21(8-4-12-46-38(42)43)31(61)48-22(9-5-13-47-39(44)45)32(62)54-27(18-69)37(67)68/h1-3,6-7,20-27,55-56,69H,4-5,8-18,40H2,(H2,41,57)(H,48,61)(H,49,64)(H,50,66)(H,51,60)(H,52,63)(H,53,65)(H,54,62)(H,58,59)(H,67,68)(H4,42,43,46)(H4,44,45,47)/t20-,21-,22-,23-,24-,25-,26-,27-/m0/s1. The van der Waals surface area contributed by atoms with Gasteiger partial charge in [0.25, 0.3) is 0 Å². The van der Waals surface area contributed by atoms with Crippen molar-refractivity contribution in [1.82, 2.24) is 37.2 Å². The quantitative estimate of drug-likeness (QED) is 0.0135. The Morgan fingerprint density at radius 3 is 1.36 bits per heavy atom. The van der Waals surface area contributed by atoms with Crippen molar-refractivity contribution in [3.05, 3.63) is 35.9 Å². The number of aliphatic carboxylic acids is 2. The van der Waals surface area contributed by atoms with Gasteiger partial charge in [0.1, 0.15) is 48.3 Å². The highest BCUT2D eigenvalue weighted by molar-refractivity contribution is 7.80. The largest absolute Gasteiger partial charge is 0.481 e. The number of nitrogens with one attached hydrogen (secondary N) is 7. The van der Waals surface area contributed by atoms with Gasteiger partial charge in [-0.05, 0) is 37.7 Å². The number of aliphatic imine (C=N–C) groups is 2. The topological polar surface area (TPSA) is 517 Å². The van der Waals surface area contributed by atoms with Crippen molar-refractivity contribution in [3.63, 3.8) is 0 Å². The molecule has 0 saturated carbocycles. The van der Waals surface area contributed by atoms with Crippen LogP contribution in [0.2, 0.25) is 0 Å². The molecule has 0 bridgehead atoms. The highest BCUT2D eigenvalue weighted by atomic mass is 32.1. The van der Waals surface area contributed by atoms with Gasteiger partial charge in [-0.25, -0.2) is 4.79 Å². The summed E-state index contributed by atoms with van der Waals surface area (Å²) in [6.45, 7) is -2.01. The Morgan fingerprint density at radius 2 is 0.942 bits per heavy atom. The molecule has 1 aromatic rings. The van der Waals surface area contributed by atoms with E-state index in [1.54, 1.807) is 30.3 Å². The number of benzene rings is 1. The predicted molar refractivity (Wildman–Crippen MR) is 248 cm³/mol. The highest BCUT2D eigenvalue weighted by Gasteiger charge is 2.35. The Kier molecular flexibility index (Phi) is 27.4. The zero-order valence-corrected chi connectivity index (χ0v) is 38.3. The molecule has 0 aliphatic carbocycles. The molecular weight excluding hydrogens is 935 g/mol. The summed E-state index contributed by atoms with van der Waals surface area (Å²) in [5.74, 6) is -12.4. The Bertz CT molecular complexity index is 1990. The molecule has 1 rings (SSSR count). The minimum absolute atomic E-state index is 0.0123. The summed E-state index contributed by atoms with van der Waals surface area (Å²) in [4.78, 5) is 137. The van der Waals surface area contributed by atoms with Crippen LogP contribution in [0.15, 0.2) is 40.3 Å². The van der Waals surface area contributed by atoms with E-state index < -0.39 is 140 Å². The lowest BCUT2D eigenvalue weighted by Crippen LogP contribution is -2.61. The molecule has 30 heteroatoms. The summed E-state index contributed by atoms with van der Waals surface area (Å²) in [5, 5.41) is 54.4. The summed E-state index contributed by atoms with van der Waals surface area (Å²) in [7, 11) is 0. The summed E-state index contributed by atoms with van der Waals surface area (Å²) < 4.78 is 0. The van der Waals surface area contributed by atoms with E-state index in [1.165, 1.54) is 0 Å². The number of nitrogens with zero attached hydrogens (tertiary/aromatic N) is 2. The van der Waals surface area contributed by atoms with Crippen LogP contribution < -0.4 is 71.6 Å². The van der Waals surface area contributed by atoms with Crippen LogP contribution in [-0.4, -0.2) is 172 Å². The maximum atomic E-state index is 14.2. The molecule has 0 radical (unpaired) electrons. The van der Waals surface area contributed by atoms with Gasteiger partial charge in [0, 0.05) is 31.7 Å². The van der Waals surface area contributed by atoms with Crippen LogP contribution >= 0.6 is 12.6 Å². The number of carboxylic acids is 2. The molecule has 384 valence electrons. The molecule has 23 N–H and O–H groups in total. The normalized spacial score (nSPS) is 14.2. The molecule has 1 aromatic carbocycles. The van der Waals surface area contributed by atoms with Crippen LogP contribution in [-0.2, 0) is 54.4 Å². The summed E-state index contributed by atoms with van der Waals surface area (Å²) in [5.41, 5.74) is 32.8. The lowest BCUT2D eigenvalue weighted by Gasteiger charge is -2.27. The van der Waals surface area contributed by atoms with Crippen LogP contribution in [0.5, 0.6) is 0 Å². The molecule has 8 atom stereocenters. The second-order valence-electron chi connectivity index (χ2n) is 15.1. The van der Waals surface area contributed by atoms with E-state index in [0.29, 0.717) is 5.56 Å². The van der Waals surface area contributed by atoms with E-state index in [-0.39, 0.29) is 62.9 Å². The average molecular weight is 998 g/mol. The highest BCUT2D eigenvalue weighted by Crippen LogP contribution is 2.10. The molecule has 0 unspecified atom stereocenters. The lowest BCUT2D eigenvalue weighted by molar-refractivity contribution is -0.141. The molecule has 69 heavy (non-hydrogen) atoms. The third-order valence-corrected chi connectivity index (χ3v) is 9.90. The predicted octanol–water partition coefficient (Wildman–Crippen LogP) is -8.20. The minimum atomic E-state index is -1.90. The van der Waals surface area contributed by atoms with Crippen molar-refractivity contribution < 1.29 is 68.4 Å². The van der Waals surface area contributed by atoms with E-state index in [9.17, 15) is 68.4 Å². The smallest absolute Gasteiger partial charge is 0.327 e. The van der Waals surface area contributed by atoms with Crippen molar-refractivity contribution in [2.45, 2.75) is 99.7 Å². The second kappa shape index (κ2) is 31.6. The Labute approximate surface area is 400 Å². The van der Waals surface area contributed by atoms with Gasteiger partial charge in [-0.15, -0.1) is 0 Å². The van der Waals surface area contributed by atoms with Gasteiger partial charge in [-0.1, -0.05) is 30.3 Å². The first-order valence-electron chi connectivity index (χ1n) is 21.1. The number of rotatable bonds is 33. The van der Waals surface area contributed by atoms with Gasteiger partial charge < -0.3 is 92.0 Å². The van der Waals surface area contributed by atoms with Crippen LogP contribution in [0.4, 0.5) is 0 Å². The molecule has 0 saturated heterocycles. The number of carbonyl (C=O) groups is 10. The number of carboxylic acid groups (broad SMARTS) is 2. The molecule has 29 nitrogen and oxygen atoms in total. The van der Waals surface area contributed by atoms with E-state index in [2.05, 4.69) is 59.8 Å². The number of aliphatic hydroxyl groups excluding tert-OH is 2. The number of carbonyl (C=O) groups excluding carboxylic acids is 8. The fourth-order valence-corrected chi connectivity index (χ4v) is 6.17. The minimum Gasteiger partial charge on any atom is -0.481 e. The Morgan fingerprint density at radius 1 is 0.536 bits per heavy atom. The van der Waals surface area contributed by atoms with Crippen LogP contribution in [0.1, 0.15) is 50.5 Å². The fourth-order valence-electron chi connectivity index (χ4n) is 5.93. The third kappa shape index (κ3) is 23.8. The number of hydrogen-bond donors (Lipinski definition) is 18. The number of amides is 8. The molecule has 0 aliphatic heterocycles. The molecule has 8 amide bonds. The number of nitrogens with two attached hydrogens (primary N) is 6. The van der Waals surface area contributed by atoms with Gasteiger partial charge in [0.05, 0.1) is 19.6 Å². The lowest BCUT2D eigenvalue weighted by atomic mass is 10.0. The van der Waals surface area contributed by atoms with Gasteiger partial charge >= 0.3 is 11.9 Å². The third-order valence-electron chi connectivity index (χ3n) is 9.54. The van der Waals surface area contributed by atoms with E-state index >= 15 is 0 Å². The number of primary amides is 1. The van der Waals surface area contributed by atoms with Crippen LogP contribution in [0.25, 0.3) is 0 Å². The first-order chi connectivity index (χ1) is 32.5. The number of aliphatic hydroxyl groups is 2. The summed E-state index contributed by atoms with van der Waals surface area (Å²) >= 11 is 3.95. The van der Waals surface area contributed by atoms with Gasteiger partial charge in [0.15, 0.2) is 11.9 Å². The van der Waals surface area contributed by atoms with Crippen molar-refractivity contribution in [3.8, 4) is 0 Å². The maximum absolute atomic E-state index is 14.2. The monoisotopic (exact) mass is 997 g/mol. The number of hydrogen-bond acceptors (Lipinski definition) is 16. The van der Waals surface area contributed by atoms with Crippen LogP contribution in [0, 0.1) is 0 Å². The Hall–Kier alpha value is -7.31. The number of guanidine groups is 2. The molecular formula is C39H63N15O14S. The number of thiol groups is 1.